The molecule has 0 spiro atoms. The van der Waals surface area contributed by atoms with Gasteiger partial charge in [0.15, 0.2) is 0 Å². The molecule has 1 N–H and O–H groups in total. The van der Waals surface area contributed by atoms with Crippen molar-refractivity contribution in [2.24, 2.45) is 5.41 Å². The van der Waals surface area contributed by atoms with E-state index in [9.17, 15) is 4.79 Å². The molecule has 0 radical (unpaired) electrons. The van der Waals surface area contributed by atoms with Gasteiger partial charge in [-0.25, -0.2) is 4.79 Å². The van der Waals surface area contributed by atoms with Crippen molar-refractivity contribution in [3.63, 3.8) is 0 Å². The molecule has 0 aliphatic heterocycles. The van der Waals surface area contributed by atoms with Crippen molar-refractivity contribution in [2.45, 2.75) is 58.9 Å². The number of carbonyl (C=O) groups is 1. The molecule has 116 valence electrons. The van der Waals surface area contributed by atoms with Crippen LogP contribution in [0.3, 0.4) is 0 Å². The van der Waals surface area contributed by atoms with E-state index in [4.69, 9.17) is 4.74 Å². The molecule has 2 rings (SSSR count). The molecule has 1 saturated carbocycles. The fraction of sp³-hybridized carbons (Fsp3) is 0.611. The summed E-state index contributed by atoms with van der Waals surface area (Å²) < 4.78 is 5.38. The van der Waals surface area contributed by atoms with Crippen LogP contribution in [0, 0.1) is 12.3 Å². The molecule has 21 heavy (non-hydrogen) atoms. The highest BCUT2D eigenvalue weighted by Crippen LogP contribution is 2.43. The Kier molecular flexibility index (Phi) is 4.60. The zero-order valence-corrected chi connectivity index (χ0v) is 13.7. The lowest BCUT2D eigenvalue weighted by Crippen LogP contribution is -2.52. The van der Waals surface area contributed by atoms with Gasteiger partial charge in [-0.2, -0.15) is 0 Å². The van der Waals surface area contributed by atoms with E-state index in [1.807, 2.05) is 19.1 Å². The maximum absolute atomic E-state index is 12.6. The van der Waals surface area contributed by atoms with E-state index in [0.29, 0.717) is 6.61 Å². The van der Waals surface area contributed by atoms with Crippen LogP contribution in [-0.4, -0.2) is 18.1 Å². The number of benzene rings is 1. The minimum Gasteiger partial charge on any atom is -0.464 e. The predicted molar refractivity (Wildman–Crippen MR) is 86.4 cm³/mol. The largest absolute Gasteiger partial charge is 0.464 e. The summed E-state index contributed by atoms with van der Waals surface area (Å²) in [4.78, 5) is 12.6. The summed E-state index contributed by atoms with van der Waals surface area (Å²) >= 11 is 0. The molecule has 1 aromatic carbocycles. The molecule has 3 heteroatoms. The third kappa shape index (κ3) is 3.78. The first-order chi connectivity index (χ1) is 9.87. The Morgan fingerprint density at radius 2 is 2.10 bits per heavy atom. The van der Waals surface area contributed by atoms with Gasteiger partial charge in [0.1, 0.15) is 5.54 Å². The lowest BCUT2D eigenvalue weighted by molar-refractivity contribution is -0.151. The van der Waals surface area contributed by atoms with Crippen LogP contribution >= 0.6 is 0 Å². The number of carbonyl (C=O) groups excluding carboxylic acids is 1. The van der Waals surface area contributed by atoms with Crippen LogP contribution < -0.4 is 5.32 Å². The van der Waals surface area contributed by atoms with Crippen molar-refractivity contribution in [1.82, 2.24) is 0 Å². The van der Waals surface area contributed by atoms with E-state index in [2.05, 4.69) is 38.2 Å². The molecule has 3 nitrogen and oxygen atoms in total. The van der Waals surface area contributed by atoms with Crippen LogP contribution in [0.1, 0.15) is 52.0 Å². The minimum atomic E-state index is -0.592. The Bertz CT molecular complexity index is 510. The molecule has 1 aliphatic rings. The molecule has 1 atom stereocenters. The minimum absolute atomic E-state index is 0.112. The number of esters is 1. The monoisotopic (exact) mass is 289 g/mol. The van der Waals surface area contributed by atoms with E-state index in [0.717, 1.165) is 31.4 Å². The van der Waals surface area contributed by atoms with Gasteiger partial charge < -0.3 is 10.1 Å². The van der Waals surface area contributed by atoms with Crippen LogP contribution in [0.2, 0.25) is 0 Å². The summed E-state index contributed by atoms with van der Waals surface area (Å²) in [5.74, 6) is -0.112. The Morgan fingerprint density at radius 1 is 1.33 bits per heavy atom. The predicted octanol–water partition coefficient (Wildman–Crippen LogP) is 4.31. The SMILES string of the molecule is CCOC(=O)C1(Nc2cccc(C)c2)CCCC(C)(C)C1. The Balaban J connectivity index is 2.29. The number of aryl methyl sites for hydroxylation is 1. The van der Waals surface area contributed by atoms with E-state index in [1.54, 1.807) is 0 Å². The molecular formula is C18H27NO2. The van der Waals surface area contributed by atoms with Crippen molar-refractivity contribution in [2.75, 3.05) is 11.9 Å². The number of rotatable bonds is 4. The summed E-state index contributed by atoms with van der Waals surface area (Å²) in [7, 11) is 0. The average Bonchev–Trinajstić information content (AvgIpc) is 2.37. The fourth-order valence-electron chi connectivity index (χ4n) is 3.46. The highest BCUT2D eigenvalue weighted by Gasteiger charge is 2.46. The number of ether oxygens (including phenoxy) is 1. The molecular weight excluding hydrogens is 262 g/mol. The van der Waals surface area contributed by atoms with Gasteiger partial charge in [-0.1, -0.05) is 26.0 Å². The zero-order chi connectivity index (χ0) is 15.5. The summed E-state index contributed by atoms with van der Waals surface area (Å²) in [6.45, 7) is 8.83. The number of anilines is 1. The van der Waals surface area contributed by atoms with Crippen LogP contribution in [-0.2, 0) is 9.53 Å². The molecule has 1 aliphatic carbocycles. The summed E-state index contributed by atoms with van der Waals surface area (Å²) in [6.07, 6.45) is 3.85. The smallest absolute Gasteiger partial charge is 0.331 e. The molecule has 1 aromatic rings. The highest BCUT2D eigenvalue weighted by molar-refractivity contribution is 5.85. The molecule has 0 heterocycles. The van der Waals surface area contributed by atoms with Gasteiger partial charge in [0.05, 0.1) is 6.61 Å². The van der Waals surface area contributed by atoms with E-state index in [1.165, 1.54) is 5.56 Å². The first-order valence-electron chi connectivity index (χ1n) is 7.89. The third-order valence-electron chi connectivity index (χ3n) is 4.31. The Labute approximate surface area is 128 Å². The average molecular weight is 289 g/mol. The number of nitrogens with one attached hydrogen (secondary N) is 1. The Hall–Kier alpha value is -1.51. The standard InChI is InChI=1S/C18H27NO2/c1-5-21-16(20)18(11-7-10-17(3,4)13-18)19-15-9-6-8-14(2)12-15/h6,8-9,12,19H,5,7,10-11,13H2,1-4H3. The van der Waals surface area contributed by atoms with Gasteiger partial charge in [0, 0.05) is 5.69 Å². The second kappa shape index (κ2) is 6.08. The third-order valence-corrected chi connectivity index (χ3v) is 4.31. The maximum atomic E-state index is 12.6. The van der Waals surface area contributed by atoms with Crippen molar-refractivity contribution in [1.29, 1.82) is 0 Å². The van der Waals surface area contributed by atoms with Gasteiger partial charge in [-0.05, 0) is 62.6 Å². The molecule has 1 unspecified atom stereocenters. The van der Waals surface area contributed by atoms with Crippen LogP contribution in [0.25, 0.3) is 0 Å². The van der Waals surface area contributed by atoms with Gasteiger partial charge in [-0.15, -0.1) is 0 Å². The van der Waals surface area contributed by atoms with Crippen molar-refractivity contribution >= 4 is 11.7 Å². The Morgan fingerprint density at radius 3 is 2.71 bits per heavy atom. The van der Waals surface area contributed by atoms with E-state index >= 15 is 0 Å². The second-order valence-electron chi connectivity index (χ2n) is 6.99. The van der Waals surface area contributed by atoms with E-state index in [-0.39, 0.29) is 11.4 Å². The summed E-state index contributed by atoms with van der Waals surface area (Å²) in [6, 6.07) is 8.19. The van der Waals surface area contributed by atoms with Gasteiger partial charge in [0.2, 0.25) is 0 Å². The van der Waals surface area contributed by atoms with Crippen molar-refractivity contribution in [3.8, 4) is 0 Å². The quantitative estimate of drug-likeness (QED) is 0.839. The normalized spacial score (nSPS) is 24.4. The summed E-state index contributed by atoms with van der Waals surface area (Å²) in [5.41, 5.74) is 1.75. The molecule has 0 saturated heterocycles. The molecule has 0 bridgehead atoms. The molecule has 0 amide bonds. The fourth-order valence-corrected chi connectivity index (χ4v) is 3.46. The second-order valence-corrected chi connectivity index (χ2v) is 6.99. The molecule has 0 aromatic heterocycles. The lowest BCUT2D eigenvalue weighted by Gasteiger charge is -2.44. The van der Waals surface area contributed by atoms with Gasteiger partial charge in [-0.3, -0.25) is 0 Å². The van der Waals surface area contributed by atoms with Crippen LogP contribution in [0.5, 0.6) is 0 Å². The van der Waals surface area contributed by atoms with Crippen molar-refractivity contribution < 1.29 is 9.53 Å². The van der Waals surface area contributed by atoms with Crippen LogP contribution in [0.4, 0.5) is 5.69 Å². The maximum Gasteiger partial charge on any atom is 0.331 e. The van der Waals surface area contributed by atoms with Gasteiger partial charge in [0.25, 0.3) is 0 Å². The highest BCUT2D eigenvalue weighted by atomic mass is 16.5. The lowest BCUT2D eigenvalue weighted by atomic mass is 9.68. The number of hydrogen-bond donors (Lipinski definition) is 1. The molecule has 1 fully saturated rings. The first-order valence-corrected chi connectivity index (χ1v) is 7.89. The van der Waals surface area contributed by atoms with Crippen molar-refractivity contribution in [3.05, 3.63) is 29.8 Å². The zero-order valence-electron chi connectivity index (χ0n) is 13.7. The van der Waals surface area contributed by atoms with Crippen LogP contribution in [0.15, 0.2) is 24.3 Å². The first kappa shape index (κ1) is 15.9. The summed E-state index contributed by atoms with van der Waals surface area (Å²) in [5, 5.41) is 3.50. The van der Waals surface area contributed by atoms with Gasteiger partial charge >= 0.3 is 5.97 Å². The number of hydrogen-bond acceptors (Lipinski definition) is 3. The topological polar surface area (TPSA) is 38.3 Å². The van der Waals surface area contributed by atoms with E-state index < -0.39 is 5.54 Å².